The molecule has 0 saturated heterocycles. The van der Waals surface area contributed by atoms with Crippen molar-refractivity contribution in [3.63, 3.8) is 0 Å². The van der Waals surface area contributed by atoms with E-state index in [0.717, 1.165) is 34.1 Å². The SMILES string of the molecule is CC[C@H](C(=O)NC)N(Cc1ccccc1)C(=O)CN(c1ccccc1)S(=O)(=O)c1ccc(F)cc1. The highest BCUT2D eigenvalue weighted by atomic mass is 32.2. The average molecular weight is 498 g/mol. The van der Waals surface area contributed by atoms with Gasteiger partial charge in [0.25, 0.3) is 10.0 Å². The summed E-state index contributed by atoms with van der Waals surface area (Å²) in [4.78, 5) is 27.5. The van der Waals surface area contributed by atoms with Crippen LogP contribution < -0.4 is 9.62 Å². The molecule has 0 aliphatic heterocycles. The molecule has 0 saturated carbocycles. The van der Waals surface area contributed by atoms with Crippen LogP contribution in [0.3, 0.4) is 0 Å². The number of amides is 2. The van der Waals surface area contributed by atoms with Crippen molar-refractivity contribution in [3.8, 4) is 0 Å². The molecule has 1 N–H and O–H groups in total. The van der Waals surface area contributed by atoms with E-state index in [1.54, 1.807) is 37.3 Å². The largest absolute Gasteiger partial charge is 0.357 e. The fraction of sp³-hybridized carbons (Fsp3) is 0.231. The second-order valence-corrected chi connectivity index (χ2v) is 9.71. The number of carbonyl (C=O) groups is 2. The third-order valence-corrected chi connectivity index (χ3v) is 7.34. The Morgan fingerprint density at radius 2 is 1.49 bits per heavy atom. The first-order valence-corrected chi connectivity index (χ1v) is 12.6. The number of para-hydroxylation sites is 1. The molecule has 1 atom stereocenters. The van der Waals surface area contributed by atoms with Gasteiger partial charge in [-0.25, -0.2) is 12.8 Å². The molecular weight excluding hydrogens is 469 g/mol. The predicted molar refractivity (Wildman–Crippen MR) is 133 cm³/mol. The minimum Gasteiger partial charge on any atom is -0.357 e. The number of hydrogen-bond acceptors (Lipinski definition) is 4. The number of nitrogens with zero attached hydrogens (tertiary/aromatic N) is 2. The van der Waals surface area contributed by atoms with Crippen molar-refractivity contribution in [2.75, 3.05) is 17.9 Å². The van der Waals surface area contributed by atoms with Crippen molar-refractivity contribution in [1.82, 2.24) is 10.2 Å². The van der Waals surface area contributed by atoms with Gasteiger partial charge in [-0.15, -0.1) is 0 Å². The van der Waals surface area contributed by atoms with Crippen LogP contribution in [0.5, 0.6) is 0 Å². The fourth-order valence-electron chi connectivity index (χ4n) is 3.72. The van der Waals surface area contributed by atoms with Crippen LogP contribution in [0.25, 0.3) is 0 Å². The normalized spacial score (nSPS) is 12.0. The lowest BCUT2D eigenvalue weighted by Gasteiger charge is -2.33. The zero-order valence-corrected chi connectivity index (χ0v) is 20.4. The second kappa shape index (κ2) is 11.6. The summed E-state index contributed by atoms with van der Waals surface area (Å²) in [5.41, 5.74) is 1.08. The van der Waals surface area contributed by atoms with E-state index in [1.807, 2.05) is 30.3 Å². The van der Waals surface area contributed by atoms with Crippen LogP contribution in [0.4, 0.5) is 10.1 Å². The van der Waals surface area contributed by atoms with Gasteiger partial charge in [-0.1, -0.05) is 55.5 Å². The van der Waals surface area contributed by atoms with Gasteiger partial charge in [0.05, 0.1) is 10.6 Å². The van der Waals surface area contributed by atoms with Gasteiger partial charge in [0, 0.05) is 13.6 Å². The Hall–Kier alpha value is -3.72. The molecule has 0 aliphatic carbocycles. The van der Waals surface area contributed by atoms with Crippen LogP contribution in [-0.2, 0) is 26.2 Å². The van der Waals surface area contributed by atoms with Gasteiger partial charge >= 0.3 is 0 Å². The summed E-state index contributed by atoms with van der Waals surface area (Å²) in [6.45, 7) is 1.38. The summed E-state index contributed by atoms with van der Waals surface area (Å²) < 4.78 is 41.5. The number of nitrogens with one attached hydrogen (secondary N) is 1. The maximum Gasteiger partial charge on any atom is 0.264 e. The number of anilines is 1. The van der Waals surface area contributed by atoms with Gasteiger partial charge in [-0.05, 0) is 48.4 Å². The van der Waals surface area contributed by atoms with E-state index in [4.69, 9.17) is 0 Å². The van der Waals surface area contributed by atoms with Crippen LogP contribution in [0.2, 0.25) is 0 Å². The number of sulfonamides is 1. The van der Waals surface area contributed by atoms with Gasteiger partial charge in [-0.2, -0.15) is 0 Å². The molecule has 35 heavy (non-hydrogen) atoms. The zero-order valence-electron chi connectivity index (χ0n) is 19.6. The van der Waals surface area contributed by atoms with Crippen molar-refractivity contribution in [3.05, 3.63) is 96.3 Å². The Bertz CT molecular complexity index is 1240. The molecule has 7 nitrogen and oxygen atoms in total. The molecule has 9 heteroatoms. The number of halogens is 1. The molecule has 0 fully saturated rings. The van der Waals surface area contributed by atoms with Crippen molar-refractivity contribution in [1.29, 1.82) is 0 Å². The fourth-order valence-corrected chi connectivity index (χ4v) is 5.14. The summed E-state index contributed by atoms with van der Waals surface area (Å²) in [6.07, 6.45) is 0.342. The van der Waals surface area contributed by atoms with E-state index in [0.29, 0.717) is 6.42 Å². The lowest BCUT2D eigenvalue weighted by Crippen LogP contribution is -2.51. The Morgan fingerprint density at radius 3 is 2.03 bits per heavy atom. The standard InChI is InChI=1S/C26H28FN3O4S/c1-3-24(26(32)28-2)29(18-20-10-6-4-7-11-20)25(31)19-30(22-12-8-5-9-13-22)35(33,34)23-16-14-21(27)15-17-23/h4-17,24H,3,18-19H2,1-2H3,(H,28,32)/t24-/m1/s1. The lowest BCUT2D eigenvalue weighted by atomic mass is 10.1. The summed E-state index contributed by atoms with van der Waals surface area (Å²) in [5, 5.41) is 2.58. The Balaban J connectivity index is 2.02. The maximum atomic E-state index is 13.7. The molecule has 3 aromatic carbocycles. The van der Waals surface area contributed by atoms with Crippen molar-refractivity contribution in [2.45, 2.75) is 30.8 Å². The summed E-state index contributed by atoms with van der Waals surface area (Å²) >= 11 is 0. The molecule has 2 amide bonds. The summed E-state index contributed by atoms with van der Waals surface area (Å²) in [5.74, 6) is -1.46. The highest BCUT2D eigenvalue weighted by Gasteiger charge is 2.33. The van der Waals surface area contributed by atoms with Gasteiger partial charge < -0.3 is 10.2 Å². The Morgan fingerprint density at radius 1 is 0.914 bits per heavy atom. The molecule has 0 spiro atoms. The first-order chi connectivity index (χ1) is 16.8. The molecular formula is C26H28FN3O4S. The third-order valence-electron chi connectivity index (χ3n) is 5.55. The third kappa shape index (κ3) is 6.24. The molecule has 0 radical (unpaired) electrons. The van der Waals surface area contributed by atoms with Gasteiger partial charge in [0.2, 0.25) is 11.8 Å². The highest BCUT2D eigenvalue weighted by Crippen LogP contribution is 2.24. The molecule has 0 unspecified atom stereocenters. The van der Waals surface area contributed by atoms with E-state index in [-0.39, 0.29) is 23.0 Å². The summed E-state index contributed by atoms with van der Waals surface area (Å²) in [6, 6.07) is 21.0. The molecule has 3 aromatic rings. The van der Waals surface area contributed by atoms with Crippen molar-refractivity contribution < 1.29 is 22.4 Å². The molecule has 184 valence electrons. The molecule has 3 rings (SSSR count). The minimum absolute atomic E-state index is 0.130. The quantitative estimate of drug-likeness (QED) is 0.464. The summed E-state index contributed by atoms with van der Waals surface area (Å²) in [7, 11) is -2.72. The Labute approximate surface area is 205 Å². The first-order valence-electron chi connectivity index (χ1n) is 11.2. The van der Waals surface area contributed by atoms with E-state index < -0.39 is 34.3 Å². The molecule has 0 bridgehead atoms. The van der Waals surface area contributed by atoms with Crippen LogP contribution in [0.15, 0.2) is 89.8 Å². The number of rotatable bonds is 10. The highest BCUT2D eigenvalue weighted by molar-refractivity contribution is 7.92. The Kier molecular flexibility index (Phi) is 8.59. The molecule has 0 aromatic heterocycles. The average Bonchev–Trinajstić information content (AvgIpc) is 2.88. The number of likely N-dealkylation sites (N-methyl/N-ethyl adjacent to an activating group) is 1. The van der Waals surface area contributed by atoms with Crippen LogP contribution >= 0.6 is 0 Å². The molecule has 0 aliphatic rings. The van der Waals surface area contributed by atoms with Crippen LogP contribution in [-0.4, -0.2) is 44.8 Å². The van der Waals surface area contributed by atoms with E-state index in [9.17, 15) is 22.4 Å². The van der Waals surface area contributed by atoms with Crippen LogP contribution in [0, 0.1) is 5.82 Å². The van der Waals surface area contributed by atoms with Crippen molar-refractivity contribution in [2.24, 2.45) is 0 Å². The first kappa shape index (κ1) is 25.9. The zero-order chi connectivity index (χ0) is 25.4. The van der Waals surface area contributed by atoms with Crippen LogP contribution in [0.1, 0.15) is 18.9 Å². The smallest absolute Gasteiger partial charge is 0.264 e. The van der Waals surface area contributed by atoms with Crippen molar-refractivity contribution >= 4 is 27.5 Å². The lowest BCUT2D eigenvalue weighted by molar-refractivity contribution is -0.140. The number of carbonyl (C=O) groups excluding carboxylic acids is 2. The predicted octanol–water partition coefficient (Wildman–Crippen LogP) is 3.57. The monoisotopic (exact) mass is 497 g/mol. The van der Waals surface area contributed by atoms with E-state index >= 15 is 0 Å². The maximum absolute atomic E-state index is 13.7. The van der Waals surface area contributed by atoms with Gasteiger partial charge in [-0.3, -0.25) is 13.9 Å². The minimum atomic E-state index is -4.21. The van der Waals surface area contributed by atoms with E-state index in [1.165, 1.54) is 11.9 Å². The van der Waals surface area contributed by atoms with Gasteiger partial charge in [0.1, 0.15) is 18.4 Å². The molecule has 0 heterocycles. The second-order valence-electron chi connectivity index (χ2n) is 7.85. The van der Waals surface area contributed by atoms with E-state index in [2.05, 4.69) is 5.32 Å². The number of hydrogen-bond donors (Lipinski definition) is 1. The number of benzene rings is 3. The topological polar surface area (TPSA) is 86.8 Å². The van der Waals surface area contributed by atoms with Gasteiger partial charge in [0.15, 0.2) is 0 Å².